The zero-order valence-electron chi connectivity index (χ0n) is 13.7. The molecule has 3 aromatic rings. The second kappa shape index (κ2) is 7.21. The molecule has 0 fully saturated rings. The van der Waals surface area contributed by atoms with Gasteiger partial charge in [-0.3, -0.25) is 4.79 Å². The molecular weight excluding hydrogens is 341 g/mol. The molecular formula is C19H18FNO3S. The molecule has 0 aliphatic rings. The van der Waals surface area contributed by atoms with Gasteiger partial charge in [0.15, 0.2) is 6.61 Å². The fraction of sp³-hybridized carbons (Fsp3) is 0.211. The highest BCUT2D eigenvalue weighted by Gasteiger charge is 2.26. The van der Waals surface area contributed by atoms with Gasteiger partial charge >= 0.3 is 0 Å². The van der Waals surface area contributed by atoms with Crippen LogP contribution in [0.4, 0.5) is 4.39 Å². The molecule has 0 saturated carbocycles. The van der Waals surface area contributed by atoms with Crippen LogP contribution in [0.3, 0.4) is 0 Å². The summed E-state index contributed by atoms with van der Waals surface area (Å²) in [6.07, 6.45) is 0. The van der Waals surface area contributed by atoms with Crippen molar-refractivity contribution in [2.75, 3.05) is 13.2 Å². The number of halogens is 1. The average molecular weight is 359 g/mol. The molecule has 25 heavy (non-hydrogen) atoms. The molecule has 1 atom stereocenters. The molecule has 0 bridgehead atoms. The Morgan fingerprint density at radius 1 is 1.24 bits per heavy atom. The molecule has 1 heterocycles. The number of benzene rings is 2. The third-order valence-electron chi connectivity index (χ3n) is 3.77. The summed E-state index contributed by atoms with van der Waals surface area (Å²) in [5, 5.41) is 14.4. The minimum atomic E-state index is -1.17. The van der Waals surface area contributed by atoms with Crippen molar-refractivity contribution >= 4 is 27.3 Å². The number of nitrogens with one attached hydrogen (secondary N) is 1. The van der Waals surface area contributed by atoms with E-state index in [-0.39, 0.29) is 24.9 Å². The van der Waals surface area contributed by atoms with Crippen molar-refractivity contribution in [3.8, 4) is 5.75 Å². The fourth-order valence-electron chi connectivity index (χ4n) is 2.34. The van der Waals surface area contributed by atoms with Crippen LogP contribution in [-0.4, -0.2) is 24.2 Å². The van der Waals surface area contributed by atoms with E-state index in [1.165, 1.54) is 35.6 Å². The van der Waals surface area contributed by atoms with E-state index in [1.54, 1.807) is 6.92 Å². The summed E-state index contributed by atoms with van der Waals surface area (Å²) in [4.78, 5) is 12.7. The van der Waals surface area contributed by atoms with Gasteiger partial charge in [0.25, 0.3) is 5.91 Å². The molecule has 0 radical (unpaired) electrons. The molecule has 1 unspecified atom stereocenters. The van der Waals surface area contributed by atoms with Gasteiger partial charge in [-0.15, -0.1) is 11.3 Å². The summed E-state index contributed by atoms with van der Waals surface area (Å²) in [5.74, 6) is -0.310. The predicted octanol–water partition coefficient (Wildman–Crippen LogP) is 3.44. The van der Waals surface area contributed by atoms with Gasteiger partial charge in [0.05, 0.1) is 6.54 Å². The number of aliphatic hydroxyl groups is 1. The van der Waals surface area contributed by atoms with Gasteiger partial charge in [0.2, 0.25) is 0 Å². The Labute approximate surface area is 148 Å². The summed E-state index contributed by atoms with van der Waals surface area (Å²) < 4.78 is 19.2. The van der Waals surface area contributed by atoms with Crippen molar-refractivity contribution < 1.29 is 19.0 Å². The smallest absolute Gasteiger partial charge is 0.258 e. The van der Waals surface area contributed by atoms with E-state index in [4.69, 9.17) is 4.74 Å². The molecule has 1 amide bonds. The average Bonchev–Trinajstić information content (AvgIpc) is 3.05. The first-order chi connectivity index (χ1) is 11.9. The number of rotatable bonds is 6. The Hall–Kier alpha value is -2.44. The number of carbonyl (C=O) groups is 1. The van der Waals surface area contributed by atoms with E-state index < -0.39 is 5.60 Å². The third kappa shape index (κ3) is 4.35. The lowest BCUT2D eigenvalue weighted by molar-refractivity contribution is -0.124. The van der Waals surface area contributed by atoms with Crippen molar-refractivity contribution in [3.63, 3.8) is 0 Å². The first-order valence-corrected chi connectivity index (χ1v) is 8.62. The van der Waals surface area contributed by atoms with E-state index in [9.17, 15) is 14.3 Å². The molecule has 0 spiro atoms. The van der Waals surface area contributed by atoms with E-state index in [0.717, 1.165) is 15.0 Å². The van der Waals surface area contributed by atoms with Gasteiger partial charge in [-0.2, -0.15) is 0 Å². The van der Waals surface area contributed by atoms with Crippen molar-refractivity contribution in [3.05, 3.63) is 65.3 Å². The monoisotopic (exact) mass is 359 g/mol. The number of fused-ring (bicyclic) bond motifs is 1. The number of thiophene rings is 1. The Morgan fingerprint density at radius 3 is 2.68 bits per heavy atom. The number of hydrogen-bond donors (Lipinski definition) is 2. The normalized spacial score (nSPS) is 13.4. The third-order valence-corrected chi connectivity index (χ3v) is 5.14. The Kier molecular flexibility index (Phi) is 5.01. The van der Waals surface area contributed by atoms with Crippen LogP contribution in [0.25, 0.3) is 10.1 Å². The maximum atomic E-state index is 12.8. The highest BCUT2D eigenvalue weighted by Crippen LogP contribution is 2.32. The van der Waals surface area contributed by atoms with Crippen molar-refractivity contribution in [1.82, 2.24) is 5.32 Å². The minimum absolute atomic E-state index is 0.0748. The van der Waals surface area contributed by atoms with Gasteiger partial charge in [0, 0.05) is 9.58 Å². The minimum Gasteiger partial charge on any atom is -0.484 e. The van der Waals surface area contributed by atoms with E-state index >= 15 is 0 Å². The van der Waals surface area contributed by atoms with Crippen LogP contribution < -0.4 is 10.1 Å². The quantitative estimate of drug-likeness (QED) is 0.709. The van der Waals surface area contributed by atoms with Crippen LogP contribution in [0.15, 0.2) is 54.6 Å². The molecule has 2 N–H and O–H groups in total. The van der Waals surface area contributed by atoms with Gasteiger partial charge < -0.3 is 15.2 Å². The van der Waals surface area contributed by atoms with Gasteiger partial charge in [-0.25, -0.2) is 4.39 Å². The molecule has 4 nitrogen and oxygen atoms in total. The molecule has 1 aromatic heterocycles. The summed E-state index contributed by atoms with van der Waals surface area (Å²) in [7, 11) is 0. The topological polar surface area (TPSA) is 58.6 Å². The Balaban J connectivity index is 1.55. The van der Waals surface area contributed by atoms with Gasteiger partial charge in [-0.05, 0) is 48.7 Å². The van der Waals surface area contributed by atoms with Crippen LogP contribution in [0.5, 0.6) is 5.75 Å². The highest BCUT2D eigenvalue weighted by molar-refractivity contribution is 7.19. The molecule has 2 aromatic carbocycles. The van der Waals surface area contributed by atoms with E-state index in [1.807, 2.05) is 30.3 Å². The highest BCUT2D eigenvalue weighted by atomic mass is 32.1. The van der Waals surface area contributed by atoms with E-state index in [0.29, 0.717) is 5.75 Å². The van der Waals surface area contributed by atoms with Crippen molar-refractivity contribution in [2.45, 2.75) is 12.5 Å². The molecule has 130 valence electrons. The SMILES string of the molecule is CC(O)(CNC(=O)COc1ccc(F)cc1)c1cc2ccccc2s1. The second-order valence-electron chi connectivity index (χ2n) is 5.94. The van der Waals surface area contributed by atoms with Gasteiger partial charge in [-0.1, -0.05) is 18.2 Å². The van der Waals surface area contributed by atoms with Crippen molar-refractivity contribution in [1.29, 1.82) is 0 Å². The summed E-state index contributed by atoms with van der Waals surface area (Å²) in [5.41, 5.74) is -1.17. The maximum absolute atomic E-state index is 12.8. The lowest BCUT2D eigenvalue weighted by Gasteiger charge is -2.22. The van der Waals surface area contributed by atoms with Crippen LogP contribution in [0.2, 0.25) is 0 Å². The van der Waals surface area contributed by atoms with Gasteiger partial charge in [0.1, 0.15) is 17.2 Å². The zero-order valence-corrected chi connectivity index (χ0v) is 14.5. The maximum Gasteiger partial charge on any atom is 0.258 e. The summed E-state index contributed by atoms with van der Waals surface area (Å²) in [6, 6.07) is 15.2. The van der Waals surface area contributed by atoms with Crippen LogP contribution in [-0.2, 0) is 10.4 Å². The number of carbonyl (C=O) groups excluding carboxylic acids is 1. The van der Waals surface area contributed by atoms with E-state index in [2.05, 4.69) is 5.32 Å². The molecule has 3 rings (SSSR count). The Morgan fingerprint density at radius 2 is 1.96 bits per heavy atom. The largest absolute Gasteiger partial charge is 0.484 e. The van der Waals surface area contributed by atoms with Crippen molar-refractivity contribution in [2.24, 2.45) is 0 Å². The van der Waals surface area contributed by atoms with Crippen LogP contribution >= 0.6 is 11.3 Å². The van der Waals surface area contributed by atoms with Crippen LogP contribution in [0.1, 0.15) is 11.8 Å². The Bertz CT molecular complexity index is 841. The fourth-order valence-corrected chi connectivity index (χ4v) is 3.44. The molecule has 0 aliphatic carbocycles. The first kappa shape index (κ1) is 17.4. The number of ether oxygens (including phenoxy) is 1. The summed E-state index contributed by atoms with van der Waals surface area (Å²) >= 11 is 1.50. The number of hydrogen-bond acceptors (Lipinski definition) is 4. The predicted molar refractivity (Wildman–Crippen MR) is 96.3 cm³/mol. The molecule has 0 aliphatic heterocycles. The standard InChI is InChI=1S/C19H18FNO3S/c1-19(23,17-10-13-4-2-3-5-16(13)25-17)12-21-18(22)11-24-15-8-6-14(20)7-9-15/h2-10,23H,11-12H2,1H3,(H,21,22). The van der Waals surface area contributed by atoms with Crippen LogP contribution in [0, 0.1) is 5.82 Å². The lowest BCUT2D eigenvalue weighted by Crippen LogP contribution is -2.40. The molecule has 6 heteroatoms. The lowest BCUT2D eigenvalue weighted by atomic mass is 10.0. The molecule has 0 saturated heterocycles. The second-order valence-corrected chi connectivity index (χ2v) is 7.03. The zero-order chi connectivity index (χ0) is 17.9. The first-order valence-electron chi connectivity index (χ1n) is 7.80. The summed E-state index contributed by atoms with van der Waals surface area (Å²) in [6.45, 7) is 1.54. The number of amides is 1.